The lowest BCUT2D eigenvalue weighted by molar-refractivity contribution is 0.458. The molecule has 0 amide bonds. The second-order valence-corrected chi connectivity index (χ2v) is 6.59. The van der Waals surface area contributed by atoms with Crippen LogP contribution in [0.25, 0.3) is 11.0 Å². The highest BCUT2D eigenvalue weighted by atomic mass is 35.5. The van der Waals surface area contributed by atoms with Crippen molar-refractivity contribution in [3.05, 3.63) is 28.0 Å². The molecule has 2 aromatic rings. The van der Waals surface area contributed by atoms with Gasteiger partial charge in [-0.2, -0.15) is 0 Å². The van der Waals surface area contributed by atoms with Crippen molar-refractivity contribution in [1.29, 1.82) is 0 Å². The van der Waals surface area contributed by atoms with Crippen LogP contribution >= 0.6 is 34.8 Å². The van der Waals surface area contributed by atoms with Crippen LogP contribution in [0.15, 0.2) is 12.1 Å². The first-order valence-corrected chi connectivity index (χ1v) is 8.38. The quantitative estimate of drug-likeness (QED) is 0.661. The van der Waals surface area contributed by atoms with E-state index in [1.165, 1.54) is 32.1 Å². The average Bonchev–Trinajstić information content (AvgIpc) is 3.05. The van der Waals surface area contributed by atoms with E-state index < -0.39 is 0 Å². The maximum atomic E-state index is 6.13. The maximum Gasteiger partial charge on any atom is 0.124 e. The lowest BCUT2D eigenvalue weighted by Gasteiger charge is -2.12. The van der Waals surface area contributed by atoms with Crippen LogP contribution in [-0.2, 0) is 12.4 Å². The van der Waals surface area contributed by atoms with Gasteiger partial charge in [0.05, 0.1) is 27.0 Å². The third-order valence-electron chi connectivity index (χ3n) is 4.22. The van der Waals surface area contributed by atoms with Gasteiger partial charge in [-0.05, 0) is 24.5 Å². The van der Waals surface area contributed by atoms with Crippen molar-refractivity contribution in [2.45, 2.75) is 44.5 Å². The van der Waals surface area contributed by atoms with Gasteiger partial charge in [0, 0.05) is 6.54 Å². The molecule has 0 bridgehead atoms. The van der Waals surface area contributed by atoms with Gasteiger partial charge >= 0.3 is 0 Å². The van der Waals surface area contributed by atoms with E-state index in [9.17, 15) is 0 Å². The Balaban J connectivity index is 1.92. The van der Waals surface area contributed by atoms with E-state index in [2.05, 4.69) is 9.55 Å². The zero-order chi connectivity index (χ0) is 14.1. The summed E-state index contributed by atoms with van der Waals surface area (Å²) in [7, 11) is 0. The predicted octanol–water partition coefficient (Wildman–Crippen LogP) is 5.66. The second-order valence-electron chi connectivity index (χ2n) is 5.51. The van der Waals surface area contributed by atoms with Crippen LogP contribution < -0.4 is 0 Å². The Hall–Kier alpha value is -0.440. The summed E-state index contributed by atoms with van der Waals surface area (Å²) in [6.45, 7) is 0.960. The van der Waals surface area contributed by atoms with Gasteiger partial charge in [0.15, 0.2) is 0 Å². The summed E-state index contributed by atoms with van der Waals surface area (Å²) in [4.78, 5) is 4.57. The van der Waals surface area contributed by atoms with Crippen molar-refractivity contribution in [2.75, 3.05) is 0 Å². The lowest BCUT2D eigenvalue weighted by Crippen LogP contribution is -2.06. The van der Waals surface area contributed by atoms with E-state index >= 15 is 0 Å². The molecule has 1 heterocycles. The molecule has 1 fully saturated rings. The smallest absolute Gasteiger partial charge is 0.124 e. The van der Waals surface area contributed by atoms with Gasteiger partial charge in [-0.15, -0.1) is 11.6 Å². The van der Waals surface area contributed by atoms with E-state index in [0.717, 1.165) is 29.3 Å². The normalized spacial score (nSPS) is 16.4. The van der Waals surface area contributed by atoms with Gasteiger partial charge < -0.3 is 4.57 Å². The molecule has 2 nitrogen and oxygen atoms in total. The van der Waals surface area contributed by atoms with Gasteiger partial charge in [-0.25, -0.2) is 4.98 Å². The topological polar surface area (TPSA) is 17.8 Å². The molecule has 5 heteroatoms. The Morgan fingerprint density at radius 1 is 1.15 bits per heavy atom. The molecular formula is C15H17Cl3N2. The molecule has 1 aliphatic rings. The Morgan fingerprint density at radius 3 is 2.55 bits per heavy atom. The lowest BCUT2D eigenvalue weighted by atomic mass is 10.0. The van der Waals surface area contributed by atoms with Gasteiger partial charge in [0.2, 0.25) is 0 Å². The highest BCUT2D eigenvalue weighted by molar-refractivity contribution is 6.42. The summed E-state index contributed by atoms with van der Waals surface area (Å²) in [5.74, 6) is 2.16. The number of nitrogens with zero attached hydrogens (tertiary/aromatic N) is 2. The first-order valence-electron chi connectivity index (χ1n) is 7.09. The molecular weight excluding hydrogens is 315 g/mol. The summed E-state index contributed by atoms with van der Waals surface area (Å²) in [5, 5.41) is 1.11. The van der Waals surface area contributed by atoms with E-state index in [1.54, 1.807) is 0 Å². The molecule has 108 valence electrons. The molecule has 20 heavy (non-hydrogen) atoms. The Kier molecular flexibility index (Phi) is 4.44. The van der Waals surface area contributed by atoms with Crippen molar-refractivity contribution in [1.82, 2.24) is 9.55 Å². The minimum absolute atomic E-state index is 0.411. The van der Waals surface area contributed by atoms with Crippen LogP contribution in [-0.4, -0.2) is 9.55 Å². The minimum atomic E-state index is 0.411. The SMILES string of the molecule is ClCc1nc2cc(Cl)c(Cl)cc2n1CCC1CCCC1. The molecule has 1 aromatic heterocycles. The number of halogens is 3. The van der Waals surface area contributed by atoms with Gasteiger partial charge in [0.25, 0.3) is 0 Å². The number of aryl methyl sites for hydroxylation is 1. The molecule has 0 saturated heterocycles. The van der Waals surface area contributed by atoms with E-state index in [1.807, 2.05) is 12.1 Å². The summed E-state index contributed by atoms with van der Waals surface area (Å²) in [6.07, 6.45) is 6.65. The molecule has 1 aromatic carbocycles. The number of hydrogen-bond donors (Lipinski definition) is 0. The summed E-state index contributed by atoms with van der Waals surface area (Å²) in [5.41, 5.74) is 1.91. The molecule has 0 spiro atoms. The predicted molar refractivity (Wildman–Crippen MR) is 85.9 cm³/mol. The fraction of sp³-hybridized carbons (Fsp3) is 0.533. The van der Waals surface area contributed by atoms with E-state index in [0.29, 0.717) is 15.9 Å². The third kappa shape index (κ3) is 2.79. The number of fused-ring (bicyclic) bond motifs is 1. The monoisotopic (exact) mass is 330 g/mol. The van der Waals surface area contributed by atoms with Gasteiger partial charge in [0.1, 0.15) is 5.82 Å². The Bertz CT molecular complexity index is 615. The van der Waals surface area contributed by atoms with Gasteiger partial charge in [-0.3, -0.25) is 0 Å². The van der Waals surface area contributed by atoms with Crippen LogP contribution in [0.5, 0.6) is 0 Å². The van der Waals surface area contributed by atoms with Crippen LogP contribution in [0.1, 0.15) is 37.9 Å². The molecule has 3 rings (SSSR count). The average molecular weight is 332 g/mol. The zero-order valence-corrected chi connectivity index (χ0v) is 13.5. The van der Waals surface area contributed by atoms with E-state index in [4.69, 9.17) is 34.8 Å². The molecule has 1 saturated carbocycles. The van der Waals surface area contributed by atoms with Crippen LogP contribution in [0.3, 0.4) is 0 Å². The molecule has 0 atom stereocenters. The first kappa shape index (κ1) is 14.5. The number of imidazole rings is 1. The molecule has 0 N–H and O–H groups in total. The molecule has 0 aliphatic heterocycles. The third-order valence-corrected chi connectivity index (χ3v) is 5.19. The molecule has 1 aliphatic carbocycles. The number of hydrogen-bond acceptors (Lipinski definition) is 1. The highest BCUT2D eigenvalue weighted by Crippen LogP contribution is 2.31. The number of rotatable bonds is 4. The minimum Gasteiger partial charge on any atom is -0.327 e. The second kappa shape index (κ2) is 6.13. The van der Waals surface area contributed by atoms with Crippen molar-refractivity contribution in [3.8, 4) is 0 Å². The summed E-state index contributed by atoms with van der Waals surface area (Å²) in [6, 6.07) is 3.72. The zero-order valence-electron chi connectivity index (χ0n) is 11.2. The number of aromatic nitrogens is 2. The largest absolute Gasteiger partial charge is 0.327 e. The van der Waals surface area contributed by atoms with Crippen molar-refractivity contribution < 1.29 is 0 Å². The Labute approximate surface area is 134 Å². The molecule has 0 unspecified atom stereocenters. The van der Waals surface area contributed by atoms with Crippen molar-refractivity contribution >= 4 is 45.8 Å². The maximum absolute atomic E-state index is 6.13. The van der Waals surface area contributed by atoms with Gasteiger partial charge in [-0.1, -0.05) is 48.9 Å². The van der Waals surface area contributed by atoms with E-state index in [-0.39, 0.29) is 0 Å². The van der Waals surface area contributed by atoms with Crippen LogP contribution in [0.4, 0.5) is 0 Å². The fourth-order valence-electron chi connectivity index (χ4n) is 3.13. The summed E-state index contributed by atoms with van der Waals surface area (Å²) < 4.78 is 2.20. The van der Waals surface area contributed by atoms with Crippen molar-refractivity contribution in [2.24, 2.45) is 5.92 Å². The standard InChI is InChI=1S/C15H17Cl3N2/c16-9-15-19-13-7-11(17)12(18)8-14(13)20(15)6-5-10-3-1-2-4-10/h7-8,10H,1-6,9H2. The van der Waals surface area contributed by atoms with Crippen LogP contribution in [0, 0.1) is 5.92 Å². The first-order chi connectivity index (χ1) is 9.69. The highest BCUT2D eigenvalue weighted by Gasteiger charge is 2.17. The van der Waals surface area contributed by atoms with Crippen LogP contribution in [0.2, 0.25) is 10.0 Å². The number of benzene rings is 1. The fourth-order valence-corrected chi connectivity index (χ4v) is 3.65. The summed E-state index contributed by atoms with van der Waals surface area (Å²) >= 11 is 18.2. The number of alkyl halides is 1. The van der Waals surface area contributed by atoms with Crippen molar-refractivity contribution in [3.63, 3.8) is 0 Å². The molecule has 0 radical (unpaired) electrons. The Morgan fingerprint density at radius 2 is 1.85 bits per heavy atom.